The Morgan fingerprint density at radius 1 is 1.38 bits per heavy atom. The molecule has 0 atom stereocenters. The Morgan fingerprint density at radius 3 is 2.62 bits per heavy atom. The molecule has 4 nitrogen and oxygen atoms in total. The molecule has 0 saturated carbocycles. The zero-order valence-electron chi connectivity index (χ0n) is 11.1. The Labute approximate surface area is 131 Å². The average Bonchev–Trinajstić information content (AvgIpc) is 2.35. The minimum atomic E-state index is -4.46. The van der Waals surface area contributed by atoms with Gasteiger partial charge in [0.15, 0.2) is 6.61 Å². The molecule has 9 heteroatoms. The van der Waals surface area contributed by atoms with E-state index in [4.69, 9.17) is 11.6 Å². The van der Waals surface area contributed by atoms with Gasteiger partial charge in [-0.2, -0.15) is 13.2 Å². The van der Waals surface area contributed by atoms with Crippen LogP contribution < -0.4 is 15.4 Å². The van der Waals surface area contributed by atoms with Gasteiger partial charge in [0, 0.05) is 24.1 Å². The van der Waals surface area contributed by atoms with Crippen LogP contribution in [0.5, 0.6) is 5.75 Å². The number of ether oxygens (including phenoxy) is 1. The lowest BCUT2D eigenvalue weighted by molar-refractivity contribution is -0.153. The summed E-state index contributed by atoms with van der Waals surface area (Å²) in [6, 6.07) is 4.07. The summed E-state index contributed by atoms with van der Waals surface area (Å²) in [5.74, 6) is -0.453. The van der Waals surface area contributed by atoms with Crippen molar-refractivity contribution in [2.45, 2.75) is 12.6 Å². The molecule has 0 radical (unpaired) electrons. The molecule has 1 amide bonds. The summed E-state index contributed by atoms with van der Waals surface area (Å²) < 4.78 is 41.1. The maximum absolute atomic E-state index is 12.1. The molecule has 1 rings (SSSR count). The number of carbonyl (C=O) groups is 1. The first kappa shape index (κ1) is 19.8. The molecule has 0 aromatic heterocycles. The number of amides is 1. The first-order valence-electron chi connectivity index (χ1n) is 5.75. The molecule has 2 N–H and O–H groups in total. The molecule has 0 saturated heterocycles. The van der Waals surface area contributed by atoms with Gasteiger partial charge >= 0.3 is 6.18 Å². The van der Waals surface area contributed by atoms with Crippen LogP contribution in [0.4, 0.5) is 18.9 Å². The van der Waals surface area contributed by atoms with Crippen molar-refractivity contribution in [3.8, 4) is 5.75 Å². The van der Waals surface area contributed by atoms with Gasteiger partial charge in [-0.15, -0.1) is 12.4 Å². The smallest absolute Gasteiger partial charge is 0.422 e. The minimum Gasteiger partial charge on any atom is -0.482 e. The predicted molar refractivity (Wildman–Crippen MR) is 77.4 cm³/mol. The van der Waals surface area contributed by atoms with E-state index >= 15 is 0 Å². The van der Waals surface area contributed by atoms with Crippen LogP contribution in [0.15, 0.2) is 18.2 Å². The Hall–Kier alpha value is -1.18. The van der Waals surface area contributed by atoms with E-state index < -0.39 is 12.8 Å². The number of hydrogen-bond acceptors (Lipinski definition) is 3. The molecule has 0 spiro atoms. The minimum absolute atomic E-state index is 0. The molecule has 0 unspecified atom stereocenters. The van der Waals surface area contributed by atoms with Crippen molar-refractivity contribution in [1.29, 1.82) is 0 Å². The quantitative estimate of drug-likeness (QED) is 0.831. The molecular weight excluding hydrogens is 332 g/mol. The van der Waals surface area contributed by atoms with Crippen LogP contribution in [-0.4, -0.2) is 32.3 Å². The lowest BCUT2D eigenvalue weighted by Crippen LogP contribution is -2.21. The summed E-state index contributed by atoms with van der Waals surface area (Å²) in [5.41, 5.74) is 0.153. The summed E-state index contributed by atoms with van der Waals surface area (Å²) >= 11 is 5.70. The van der Waals surface area contributed by atoms with Gasteiger partial charge in [-0.25, -0.2) is 0 Å². The van der Waals surface area contributed by atoms with Gasteiger partial charge in [-0.05, 0) is 19.2 Å². The molecule has 0 fully saturated rings. The highest BCUT2D eigenvalue weighted by atomic mass is 35.5. The van der Waals surface area contributed by atoms with E-state index in [1.54, 1.807) is 7.05 Å². The largest absolute Gasteiger partial charge is 0.482 e. The van der Waals surface area contributed by atoms with Crippen LogP contribution in [0.1, 0.15) is 6.42 Å². The van der Waals surface area contributed by atoms with Crippen molar-refractivity contribution in [3.05, 3.63) is 23.2 Å². The van der Waals surface area contributed by atoms with Crippen LogP contribution in [0.2, 0.25) is 5.02 Å². The molecule has 0 aliphatic rings. The topological polar surface area (TPSA) is 50.4 Å². The van der Waals surface area contributed by atoms with Crippen molar-refractivity contribution in [1.82, 2.24) is 5.32 Å². The third kappa shape index (κ3) is 7.99. The molecule has 0 aliphatic carbocycles. The number of hydrogen-bond donors (Lipinski definition) is 2. The normalized spacial score (nSPS) is 10.7. The second-order valence-electron chi connectivity index (χ2n) is 3.95. The molecular formula is C12H15Cl2F3N2O2. The van der Waals surface area contributed by atoms with Crippen molar-refractivity contribution in [2.24, 2.45) is 0 Å². The van der Waals surface area contributed by atoms with E-state index in [9.17, 15) is 18.0 Å². The second kappa shape index (κ2) is 8.96. The molecule has 0 aliphatic heterocycles. The maximum Gasteiger partial charge on any atom is 0.422 e. The Bertz CT molecular complexity index is 470. The van der Waals surface area contributed by atoms with Crippen LogP contribution in [0, 0.1) is 0 Å². The number of halogens is 5. The van der Waals surface area contributed by atoms with E-state index in [2.05, 4.69) is 15.4 Å². The molecule has 0 bridgehead atoms. The third-order valence-electron chi connectivity index (χ3n) is 2.21. The van der Waals surface area contributed by atoms with Crippen LogP contribution in [0.25, 0.3) is 0 Å². The molecule has 0 heterocycles. The van der Waals surface area contributed by atoms with Gasteiger partial charge in [0.05, 0.1) is 5.69 Å². The zero-order valence-corrected chi connectivity index (χ0v) is 12.7. The predicted octanol–water partition coefficient (Wildman–Crippen LogP) is 3.25. The SMILES string of the molecule is CNCCC(=O)Nc1ccc(Cl)cc1OCC(F)(F)F.Cl. The van der Waals surface area contributed by atoms with Crippen molar-refractivity contribution < 1.29 is 22.7 Å². The fraction of sp³-hybridized carbons (Fsp3) is 0.417. The van der Waals surface area contributed by atoms with Gasteiger partial charge in [0.1, 0.15) is 5.75 Å². The fourth-order valence-corrected chi connectivity index (χ4v) is 1.49. The highest BCUT2D eigenvalue weighted by Crippen LogP contribution is 2.29. The van der Waals surface area contributed by atoms with Crippen molar-refractivity contribution in [2.75, 3.05) is 25.5 Å². The zero-order chi connectivity index (χ0) is 15.2. The lowest BCUT2D eigenvalue weighted by atomic mass is 10.2. The van der Waals surface area contributed by atoms with Gasteiger partial charge in [0.25, 0.3) is 0 Å². The third-order valence-corrected chi connectivity index (χ3v) is 2.45. The fourth-order valence-electron chi connectivity index (χ4n) is 1.33. The number of carbonyl (C=O) groups excluding carboxylic acids is 1. The first-order valence-corrected chi connectivity index (χ1v) is 6.13. The maximum atomic E-state index is 12.1. The van der Waals surface area contributed by atoms with Gasteiger partial charge < -0.3 is 15.4 Å². The highest BCUT2D eigenvalue weighted by molar-refractivity contribution is 6.30. The van der Waals surface area contributed by atoms with E-state index in [0.29, 0.717) is 6.54 Å². The van der Waals surface area contributed by atoms with Crippen LogP contribution >= 0.6 is 24.0 Å². The Kier molecular flexibility index (Phi) is 8.46. The van der Waals surface area contributed by atoms with E-state index in [1.165, 1.54) is 18.2 Å². The number of benzene rings is 1. The number of nitrogens with one attached hydrogen (secondary N) is 2. The monoisotopic (exact) mass is 346 g/mol. The van der Waals surface area contributed by atoms with Gasteiger partial charge in [-0.3, -0.25) is 4.79 Å². The van der Waals surface area contributed by atoms with E-state index in [0.717, 1.165) is 0 Å². The molecule has 1 aromatic carbocycles. The summed E-state index contributed by atoms with van der Waals surface area (Å²) in [7, 11) is 1.69. The second-order valence-corrected chi connectivity index (χ2v) is 4.38. The summed E-state index contributed by atoms with van der Waals surface area (Å²) in [4.78, 5) is 11.5. The summed E-state index contributed by atoms with van der Waals surface area (Å²) in [5, 5.41) is 5.49. The van der Waals surface area contributed by atoms with Crippen LogP contribution in [-0.2, 0) is 4.79 Å². The summed E-state index contributed by atoms with van der Waals surface area (Å²) in [6.45, 7) is -0.995. The molecule has 120 valence electrons. The van der Waals surface area contributed by atoms with Gasteiger partial charge in [-0.1, -0.05) is 11.6 Å². The van der Waals surface area contributed by atoms with Gasteiger partial charge in [0.2, 0.25) is 5.91 Å². The van der Waals surface area contributed by atoms with Crippen LogP contribution in [0.3, 0.4) is 0 Å². The lowest BCUT2D eigenvalue weighted by Gasteiger charge is -2.14. The Morgan fingerprint density at radius 2 is 2.05 bits per heavy atom. The standard InChI is InChI=1S/C12H14ClF3N2O2.ClH/c1-17-5-4-11(19)18-9-3-2-8(13)6-10(9)20-7-12(14,15)16;/h2-3,6,17H,4-5,7H2,1H3,(H,18,19);1H. The first-order chi connectivity index (χ1) is 9.31. The molecule has 1 aromatic rings. The Balaban J connectivity index is 0.00000400. The number of alkyl halides is 3. The molecule has 21 heavy (non-hydrogen) atoms. The van der Waals surface area contributed by atoms with Crippen molar-refractivity contribution >= 4 is 35.6 Å². The average molecular weight is 347 g/mol. The van der Waals surface area contributed by atoms with Crippen molar-refractivity contribution in [3.63, 3.8) is 0 Å². The number of rotatable bonds is 6. The highest BCUT2D eigenvalue weighted by Gasteiger charge is 2.29. The number of anilines is 1. The summed E-state index contributed by atoms with van der Waals surface area (Å²) in [6.07, 6.45) is -4.27. The van der Waals surface area contributed by atoms with E-state index in [-0.39, 0.29) is 41.2 Å². The van der Waals surface area contributed by atoms with E-state index in [1.807, 2.05) is 0 Å².